The lowest BCUT2D eigenvalue weighted by molar-refractivity contribution is 0.0913. The van der Waals surface area contributed by atoms with E-state index in [1.54, 1.807) is 0 Å². The molecule has 6 heteroatoms. The maximum Gasteiger partial charge on any atom is 0.336 e. The molecule has 1 heterocycles. The minimum Gasteiger partial charge on any atom is -0.507 e. The molecule has 0 radical (unpaired) electrons. The Morgan fingerprint density at radius 2 is 2.17 bits per heavy atom. The van der Waals surface area contributed by atoms with Crippen molar-refractivity contribution in [3.8, 4) is 11.5 Å². The van der Waals surface area contributed by atoms with Crippen LogP contribution in [0.3, 0.4) is 0 Å². The highest BCUT2D eigenvalue weighted by Gasteiger charge is 2.21. The highest BCUT2D eigenvalue weighted by atomic mass is 16.5. The summed E-state index contributed by atoms with van der Waals surface area (Å²) >= 11 is 0. The average Bonchev–Trinajstić information content (AvgIpc) is 2.35. The number of hydrogen-bond donors (Lipinski definition) is 3. The van der Waals surface area contributed by atoms with E-state index in [1.165, 1.54) is 25.3 Å². The number of phenolic OH excluding ortho intramolecular Hbond substituents is 1. The van der Waals surface area contributed by atoms with Crippen molar-refractivity contribution in [2.75, 3.05) is 13.7 Å². The zero-order valence-electron chi connectivity index (χ0n) is 9.58. The van der Waals surface area contributed by atoms with Crippen LogP contribution in [0.1, 0.15) is 11.7 Å². The van der Waals surface area contributed by atoms with Gasteiger partial charge in [0.2, 0.25) is 0 Å². The topological polar surface area (TPSA) is 100 Å². The Bertz CT molecular complexity index is 630. The Morgan fingerprint density at radius 3 is 2.78 bits per heavy atom. The Balaban J connectivity index is 2.83. The van der Waals surface area contributed by atoms with Crippen LogP contribution in [-0.4, -0.2) is 29.0 Å². The number of methoxy groups -OCH3 is 1. The van der Waals surface area contributed by atoms with Crippen LogP contribution in [0, 0.1) is 0 Å². The number of hydrogen-bond acceptors (Lipinski definition) is 6. The number of benzene rings is 1. The molecule has 2 aromatic rings. The molecule has 3 N–H and O–H groups in total. The second-order valence-corrected chi connectivity index (χ2v) is 3.71. The van der Waals surface area contributed by atoms with Crippen LogP contribution < -0.4 is 10.4 Å². The molecule has 1 aromatic heterocycles. The highest BCUT2D eigenvalue weighted by Crippen LogP contribution is 2.39. The van der Waals surface area contributed by atoms with Crippen LogP contribution in [0.4, 0.5) is 0 Å². The van der Waals surface area contributed by atoms with Crippen LogP contribution in [-0.2, 0) is 0 Å². The van der Waals surface area contributed by atoms with Gasteiger partial charge in [-0.05, 0) is 6.07 Å². The maximum absolute atomic E-state index is 11.1. The van der Waals surface area contributed by atoms with Gasteiger partial charge < -0.3 is 24.5 Å². The Kier molecular flexibility index (Phi) is 3.22. The van der Waals surface area contributed by atoms with E-state index in [-0.39, 0.29) is 22.6 Å². The molecule has 1 unspecified atom stereocenters. The monoisotopic (exact) mass is 252 g/mol. The van der Waals surface area contributed by atoms with Crippen molar-refractivity contribution < 1.29 is 24.5 Å². The van der Waals surface area contributed by atoms with Crippen LogP contribution in [0.2, 0.25) is 0 Å². The van der Waals surface area contributed by atoms with Gasteiger partial charge in [0.25, 0.3) is 0 Å². The van der Waals surface area contributed by atoms with Crippen molar-refractivity contribution >= 4 is 11.0 Å². The van der Waals surface area contributed by atoms with E-state index in [1.807, 2.05) is 0 Å². The van der Waals surface area contributed by atoms with Crippen LogP contribution >= 0.6 is 0 Å². The van der Waals surface area contributed by atoms with E-state index >= 15 is 0 Å². The molecule has 0 spiro atoms. The zero-order valence-corrected chi connectivity index (χ0v) is 9.58. The number of ether oxygens (including phenoxy) is 1. The van der Waals surface area contributed by atoms with Crippen LogP contribution in [0.25, 0.3) is 11.0 Å². The van der Waals surface area contributed by atoms with Crippen molar-refractivity contribution in [3.05, 3.63) is 34.2 Å². The third kappa shape index (κ3) is 1.92. The molecule has 0 aliphatic carbocycles. The second kappa shape index (κ2) is 4.67. The normalized spacial score (nSPS) is 12.6. The fraction of sp³-hybridized carbons (Fsp3) is 0.250. The maximum atomic E-state index is 11.1. The van der Waals surface area contributed by atoms with Gasteiger partial charge in [-0.25, -0.2) is 4.79 Å². The Hall–Kier alpha value is -2.05. The SMILES string of the molecule is COc1c(C(O)CO)c(O)cc2oc(=O)ccc12. The summed E-state index contributed by atoms with van der Waals surface area (Å²) in [6, 6.07) is 3.87. The van der Waals surface area contributed by atoms with Crippen LogP contribution in [0.15, 0.2) is 27.4 Å². The second-order valence-electron chi connectivity index (χ2n) is 3.71. The first-order chi connectivity index (χ1) is 8.58. The molecular weight excluding hydrogens is 240 g/mol. The summed E-state index contributed by atoms with van der Waals surface area (Å²) in [6.07, 6.45) is -1.28. The van der Waals surface area contributed by atoms with E-state index < -0.39 is 18.3 Å². The van der Waals surface area contributed by atoms with Crippen molar-refractivity contribution in [2.45, 2.75) is 6.10 Å². The molecule has 0 aliphatic rings. The highest BCUT2D eigenvalue weighted by molar-refractivity contribution is 5.87. The lowest BCUT2D eigenvalue weighted by Crippen LogP contribution is -2.06. The average molecular weight is 252 g/mol. The van der Waals surface area contributed by atoms with Crippen LogP contribution in [0.5, 0.6) is 11.5 Å². The number of phenols is 1. The van der Waals surface area contributed by atoms with Crippen molar-refractivity contribution in [2.24, 2.45) is 0 Å². The van der Waals surface area contributed by atoms with E-state index in [2.05, 4.69) is 0 Å². The van der Waals surface area contributed by atoms with Gasteiger partial charge in [0.15, 0.2) is 0 Å². The quantitative estimate of drug-likeness (QED) is 0.689. The Morgan fingerprint density at radius 1 is 1.44 bits per heavy atom. The predicted molar refractivity (Wildman–Crippen MR) is 62.7 cm³/mol. The molecule has 0 fully saturated rings. The number of aromatic hydroxyl groups is 1. The molecule has 0 aliphatic heterocycles. The summed E-state index contributed by atoms with van der Waals surface area (Å²) in [5, 5.41) is 28.8. The standard InChI is InChI=1S/C12H12O6/c1-17-12-6-2-3-10(16)18-9(6)4-7(14)11(12)8(15)5-13/h2-4,8,13-15H,5H2,1H3. The van der Waals surface area contributed by atoms with Gasteiger partial charge in [-0.2, -0.15) is 0 Å². The zero-order chi connectivity index (χ0) is 13.3. The summed E-state index contributed by atoms with van der Waals surface area (Å²) in [4.78, 5) is 11.1. The van der Waals surface area contributed by atoms with Gasteiger partial charge in [-0.1, -0.05) is 0 Å². The summed E-state index contributed by atoms with van der Waals surface area (Å²) in [6.45, 7) is -0.563. The van der Waals surface area contributed by atoms with Gasteiger partial charge in [0.1, 0.15) is 23.2 Å². The first kappa shape index (κ1) is 12.4. The van der Waals surface area contributed by atoms with Gasteiger partial charge in [-0.15, -0.1) is 0 Å². The summed E-state index contributed by atoms with van der Waals surface area (Å²) in [5.41, 5.74) is -0.355. The summed E-state index contributed by atoms with van der Waals surface area (Å²) in [5.74, 6) is -0.148. The van der Waals surface area contributed by atoms with Crippen molar-refractivity contribution in [1.29, 1.82) is 0 Å². The third-order valence-corrected chi connectivity index (χ3v) is 2.61. The lowest BCUT2D eigenvalue weighted by Gasteiger charge is -2.16. The molecule has 1 atom stereocenters. The molecule has 2 rings (SSSR count). The van der Waals surface area contributed by atoms with Gasteiger partial charge in [-0.3, -0.25) is 0 Å². The van der Waals surface area contributed by atoms with Gasteiger partial charge >= 0.3 is 5.63 Å². The van der Waals surface area contributed by atoms with E-state index in [0.717, 1.165) is 0 Å². The smallest absolute Gasteiger partial charge is 0.336 e. The van der Waals surface area contributed by atoms with Gasteiger partial charge in [0.05, 0.1) is 24.7 Å². The van der Waals surface area contributed by atoms with Gasteiger partial charge in [0, 0.05) is 12.1 Å². The molecule has 0 saturated heterocycles. The third-order valence-electron chi connectivity index (χ3n) is 2.61. The molecular formula is C12H12O6. The molecule has 96 valence electrons. The van der Waals surface area contributed by atoms with E-state index in [0.29, 0.717) is 5.39 Å². The largest absolute Gasteiger partial charge is 0.507 e. The molecule has 18 heavy (non-hydrogen) atoms. The van der Waals surface area contributed by atoms with E-state index in [9.17, 15) is 15.0 Å². The summed E-state index contributed by atoms with van der Waals surface area (Å²) < 4.78 is 10.0. The molecule has 0 bridgehead atoms. The number of aliphatic hydroxyl groups is 2. The predicted octanol–water partition coefficient (Wildman–Crippen LogP) is 0.533. The number of rotatable bonds is 3. The molecule has 0 saturated carbocycles. The number of aliphatic hydroxyl groups excluding tert-OH is 2. The fourth-order valence-electron chi connectivity index (χ4n) is 1.82. The minimum absolute atomic E-state index is 0.0568. The molecule has 1 aromatic carbocycles. The van der Waals surface area contributed by atoms with Crippen molar-refractivity contribution in [3.63, 3.8) is 0 Å². The lowest BCUT2D eigenvalue weighted by atomic mass is 10.0. The number of fused-ring (bicyclic) bond motifs is 1. The molecule has 0 amide bonds. The van der Waals surface area contributed by atoms with E-state index in [4.69, 9.17) is 14.3 Å². The first-order valence-electron chi connectivity index (χ1n) is 5.21. The summed E-state index contributed by atoms with van der Waals surface area (Å²) in [7, 11) is 1.35. The molecule has 6 nitrogen and oxygen atoms in total. The minimum atomic E-state index is -1.28. The fourth-order valence-corrected chi connectivity index (χ4v) is 1.82. The Labute approximate surface area is 102 Å². The van der Waals surface area contributed by atoms with Crippen molar-refractivity contribution in [1.82, 2.24) is 0 Å². The first-order valence-corrected chi connectivity index (χ1v) is 5.21.